The van der Waals surface area contributed by atoms with Crippen molar-refractivity contribution in [2.75, 3.05) is 63.9 Å². The van der Waals surface area contributed by atoms with E-state index in [1.165, 1.54) is 20.3 Å². The van der Waals surface area contributed by atoms with E-state index in [1.807, 2.05) is 33.7 Å². The summed E-state index contributed by atoms with van der Waals surface area (Å²) in [6.45, 7) is 5.87. The zero-order valence-corrected chi connectivity index (χ0v) is 25.4. The van der Waals surface area contributed by atoms with Crippen LogP contribution in [0.5, 0.6) is 5.75 Å². The van der Waals surface area contributed by atoms with Gasteiger partial charge in [0.25, 0.3) is 0 Å². The number of fused-ring (bicyclic) bond motifs is 1. The van der Waals surface area contributed by atoms with E-state index < -0.39 is 27.9 Å². The largest absolute Gasteiger partial charge is 0.494 e. The van der Waals surface area contributed by atoms with Gasteiger partial charge in [0.05, 0.1) is 48.5 Å². The predicted octanol–water partition coefficient (Wildman–Crippen LogP) is 3.67. The average Bonchev–Trinajstić information content (AvgIpc) is 3.30. The molecule has 3 atom stereocenters. The molecule has 12 heteroatoms. The van der Waals surface area contributed by atoms with Gasteiger partial charge in [-0.15, -0.1) is 6.58 Å². The number of β-amino-alcohol motifs (C(OH)–C–C–N with tert-alkyl or cyclic N) is 1. The summed E-state index contributed by atoms with van der Waals surface area (Å²) in [4.78, 5) is 1.74. The summed E-state index contributed by atoms with van der Waals surface area (Å²) < 4.78 is 65.8. The Morgan fingerprint density at radius 2 is 2.07 bits per heavy atom. The lowest BCUT2D eigenvalue weighted by molar-refractivity contribution is 0.0215. The molecule has 4 rings (SSSR count). The number of nitrogens with zero attached hydrogens (tertiary/aromatic N) is 2. The van der Waals surface area contributed by atoms with Crippen molar-refractivity contribution < 1.29 is 31.8 Å². The lowest BCUT2D eigenvalue weighted by Crippen LogP contribution is -2.50. The number of rotatable bonds is 12. The molecule has 43 heavy (non-hydrogen) atoms. The second kappa shape index (κ2) is 14.2. The van der Waals surface area contributed by atoms with Gasteiger partial charge >= 0.3 is 0 Å². The van der Waals surface area contributed by atoms with Crippen LogP contribution in [0, 0.1) is 17.7 Å². The fourth-order valence-corrected chi connectivity index (χ4v) is 5.89. The van der Waals surface area contributed by atoms with Crippen LogP contribution in [0.1, 0.15) is 12.1 Å². The number of anilines is 2. The number of likely N-dealkylation sites (tertiary alicyclic amines) is 1. The van der Waals surface area contributed by atoms with Crippen molar-refractivity contribution in [2.24, 2.45) is 0 Å². The molecule has 0 aliphatic carbocycles. The normalized spacial score (nSPS) is 18.1. The van der Waals surface area contributed by atoms with Gasteiger partial charge in [0.1, 0.15) is 17.6 Å². The van der Waals surface area contributed by atoms with Gasteiger partial charge in [0.15, 0.2) is 15.7 Å². The van der Waals surface area contributed by atoms with Crippen LogP contribution in [-0.4, -0.2) is 94.6 Å². The van der Waals surface area contributed by atoms with Gasteiger partial charge in [-0.25, -0.2) is 17.2 Å². The molecule has 1 unspecified atom stereocenters. The number of allylic oxidation sites excluding steroid dienone is 1. The van der Waals surface area contributed by atoms with E-state index in [9.17, 15) is 17.9 Å². The molecule has 0 amide bonds. The van der Waals surface area contributed by atoms with Crippen LogP contribution in [0.3, 0.4) is 0 Å². The Bertz CT molecular complexity index is 1620. The van der Waals surface area contributed by atoms with E-state index in [2.05, 4.69) is 29.1 Å². The second-order valence-electron chi connectivity index (χ2n) is 10.5. The average molecular weight is 617 g/mol. The quantitative estimate of drug-likeness (QED) is 0.209. The van der Waals surface area contributed by atoms with E-state index in [-0.39, 0.29) is 42.1 Å². The Hall–Kier alpha value is -3.63. The third-order valence-corrected chi connectivity index (χ3v) is 8.39. The Labute approximate surface area is 251 Å². The van der Waals surface area contributed by atoms with E-state index in [1.54, 1.807) is 6.08 Å². The minimum Gasteiger partial charge on any atom is -0.494 e. The van der Waals surface area contributed by atoms with Crippen molar-refractivity contribution in [2.45, 2.75) is 36.2 Å². The summed E-state index contributed by atoms with van der Waals surface area (Å²) in [5.74, 6) is 5.42. The van der Waals surface area contributed by atoms with Crippen molar-refractivity contribution in [1.82, 2.24) is 9.47 Å². The number of nitrogens with one attached hydrogen (secondary N) is 2. The number of alkyl halides is 1. The number of methoxy groups -OCH3 is 2. The molecule has 0 bridgehead atoms. The van der Waals surface area contributed by atoms with Crippen LogP contribution >= 0.6 is 0 Å². The molecule has 1 aromatic heterocycles. The zero-order chi connectivity index (χ0) is 31.1. The first-order valence-electron chi connectivity index (χ1n) is 13.9. The molecule has 3 N–H and O–H groups in total. The summed E-state index contributed by atoms with van der Waals surface area (Å²) in [7, 11) is -0.755. The number of hydrogen-bond donors (Lipinski definition) is 3. The summed E-state index contributed by atoms with van der Waals surface area (Å²) in [6, 6.07) is 9.53. The third-order valence-electron chi connectivity index (χ3n) is 7.30. The highest BCUT2D eigenvalue weighted by Gasteiger charge is 2.30. The van der Waals surface area contributed by atoms with Crippen LogP contribution in [0.2, 0.25) is 0 Å². The second-order valence-corrected chi connectivity index (χ2v) is 12.5. The van der Waals surface area contributed by atoms with Gasteiger partial charge in [-0.1, -0.05) is 18.1 Å². The maximum atomic E-state index is 15.2. The van der Waals surface area contributed by atoms with Crippen LogP contribution in [0.25, 0.3) is 10.9 Å². The minimum atomic E-state index is -3.61. The Balaban J connectivity index is 1.51. The number of aromatic nitrogens is 1. The molecule has 2 aromatic carbocycles. The highest BCUT2D eigenvalue weighted by Crippen LogP contribution is 2.32. The standard InChI is InChI=1S/C31H38F2N4O5S/c1-5-13-37-21(8-7-12-34-31-25(32)16-23(43(4,39)40)17-30(31)42-3)15-24-27(9-6-10-29(24)37)35-28-11-14-36(19-26(28)33)18-22(38)20-41-2/h5-6,9-10,15-17,22,26,28,34-35,38H,1,11-14,18-20H2,2-4H3/t22?,26-,28+/m1/s1. The van der Waals surface area contributed by atoms with E-state index in [0.717, 1.165) is 28.9 Å². The fraction of sp³-hybridized carbons (Fsp3) is 0.419. The van der Waals surface area contributed by atoms with Gasteiger partial charge in [-0.3, -0.25) is 4.90 Å². The summed E-state index contributed by atoms with van der Waals surface area (Å²) in [5.41, 5.74) is 2.41. The first-order chi connectivity index (χ1) is 20.5. The number of aliphatic hydroxyl groups excluding tert-OH is 1. The number of halogens is 2. The zero-order valence-electron chi connectivity index (χ0n) is 24.6. The van der Waals surface area contributed by atoms with Gasteiger partial charge in [-0.2, -0.15) is 0 Å². The van der Waals surface area contributed by atoms with Crippen LogP contribution in [0.15, 0.2) is 53.9 Å². The molecule has 0 radical (unpaired) electrons. The molecule has 2 heterocycles. The Morgan fingerprint density at radius 3 is 2.74 bits per heavy atom. The maximum absolute atomic E-state index is 15.2. The van der Waals surface area contributed by atoms with Crippen molar-refractivity contribution in [1.29, 1.82) is 0 Å². The molecule has 232 valence electrons. The Morgan fingerprint density at radius 1 is 1.28 bits per heavy atom. The molecular weight excluding hydrogens is 578 g/mol. The summed E-state index contributed by atoms with van der Waals surface area (Å²) in [5, 5.41) is 17.2. The van der Waals surface area contributed by atoms with E-state index in [0.29, 0.717) is 31.7 Å². The first kappa shape index (κ1) is 32.3. The van der Waals surface area contributed by atoms with E-state index in [4.69, 9.17) is 9.47 Å². The van der Waals surface area contributed by atoms with Gasteiger partial charge in [0.2, 0.25) is 0 Å². The number of aliphatic hydroxyl groups is 1. The van der Waals surface area contributed by atoms with Crippen LogP contribution < -0.4 is 15.4 Å². The number of hydrogen-bond acceptors (Lipinski definition) is 8. The molecule has 1 aliphatic heterocycles. The molecule has 1 aliphatic rings. The summed E-state index contributed by atoms with van der Waals surface area (Å²) in [6.07, 6.45) is 1.56. The van der Waals surface area contributed by atoms with Gasteiger partial charge in [-0.05, 0) is 36.6 Å². The number of piperidine rings is 1. The first-order valence-corrected chi connectivity index (χ1v) is 15.8. The highest BCUT2D eigenvalue weighted by molar-refractivity contribution is 7.90. The topological polar surface area (TPSA) is 105 Å². The van der Waals surface area contributed by atoms with Crippen LogP contribution in [0.4, 0.5) is 20.2 Å². The lowest BCUT2D eigenvalue weighted by Gasteiger charge is -2.36. The monoisotopic (exact) mass is 616 g/mol. The molecule has 1 saturated heterocycles. The third kappa shape index (κ3) is 7.86. The molecule has 9 nitrogen and oxygen atoms in total. The van der Waals surface area contributed by atoms with Crippen molar-refractivity contribution in [3.63, 3.8) is 0 Å². The van der Waals surface area contributed by atoms with Gasteiger partial charge < -0.3 is 29.8 Å². The Kier molecular flexibility index (Phi) is 10.7. The lowest BCUT2D eigenvalue weighted by atomic mass is 10.0. The van der Waals surface area contributed by atoms with Crippen molar-refractivity contribution >= 4 is 32.1 Å². The van der Waals surface area contributed by atoms with Crippen molar-refractivity contribution in [3.8, 4) is 17.6 Å². The number of sulfone groups is 1. The molecule has 0 spiro atoms. The number of benzene rings is 2. The smallest absolute Gasteiger partial charge is 0.175 e. The molecule has 1 fully saturated rings. The molecule has 3 aromatic rings. The predicted molar refractivity (Wildman–Crippen MR) is 165 cm³/mol. The van der Waals surface area contributed by atoms with Crippen LogP contribution in [-0.2, 0) is 21.1 Å². The maximum Gasteiger partial charge on any atom is 0.175 e. The molecular formula is C31H38F2N4O5S. The van der Waals surface area contributed by atoms with E-state index >= 15 is 4.39 Å². The number of ether oxygens (including phenoxy) is 2. The molecule has 0 saturated carbocycles. The summed E-state index contributed by atoms with van der Waals surface area (Å²) >= 11 is 0. The van der Waals surface area contributed by atoms with Crippen molar-refractivity contribution in [3.05, 3.63) is 60.6 Å². The van der Waals surface area contributed by atoms with Gasteiger partial charge in [0, 0.05) is 56.7 Å². The SMILES string of the molecule is C=CCn1c(C#CCNc2c(F)cc(S(C)(=O)=O)cc2OC)cc2c(N[C@H]3CCN(CC(O)COC)C[C@H]3F)cccc21. The fourth-order valence-electron chi connectivity index (χ4n) is 5.25. The highest BCUT2D eigenvalue weighted by atomic mass is 32.2. The minimum absolute atomic E-state index is 0.0161.